The molecule has 1 aliphatic heterocycles. The molecular weight excluding hydrogens is 462 g/mol. The number of ether oxygens (including phenoxy) is 3. The molecular formula is C23H37N3O7S. The number of esters is 1. The fraction of sp³-hybridized carbons (Fsp3) is 0.652. The molecule has 2 rings (SSSR count). The molecule has 1 aliphatic rings. The maximum Gasteiger partial charge on any atom is 0.407 e. The molecule has 10 nitrogen and oxygen atoms in total. The topological polar surface area (TPSA) is 123 Å². The highest BCUT2D eigenvalue weighted by Crippen LogP contribution is 2.22. The summed E-state index contributed by atoms with van der Waals surface area (Å²) >= 11 is 0. The largest absolute Gasteiger partial charge is 0.445 e. The summed E-state index contributed by atoms with van der Waals surface area (Å²) in [5.74, 6) is -0.805. The summed E-state index contributed by atoms with van der Waals surface area (Å²) in [6, 6.07) is 2.16. The highest BCUT2D eigenvalue weighted by atomic mass is 32.2. The SMILES string of the molecule is Cc1cc(C)c(S(=O)(=O)NC(CNC(=O)OC(C)(C)C)C(=O)OC(C)N2CCOCC2)c(C)c1. The maximum absolute atomic E-state index is 13.3. The first kappa shape index (κ1) is 28.0. The van der Waals surface area contributed by atoms with Crippen molar-refractivity contribution in [2.24, 2.45) is 0 Å². The fourth-order valence-corrected chi connectivity index (χ4v) is 5.41. The fourth-order valence-electron chi connectivity index (χ4n) is 3.78. The van der Waals surface area contributed by atoms with Crippen molar-refractivity contribution in [2.75, 3.05) is 32.8 Å². The lowest BCUT2D eigenvalue weighted by molar-refractivity contribution is -0.163. The van der Waals surface area contributed by atoms with Crippen LogP contribution < -0.4 is 10.0 Å². The number of hydrogen-bond acceptors (Lipinski definition) is 8. The monoisotopic (exact) mass is 499 g/mol. The molecule has 0 aliphatic carbocycles. The molecule has 1 fully saturated rings. The molecule has 0 spiro atoms. The number of rotatable bonds is 8. The molecule has 1 aromatic rings. The van der Waals surface area contributed by atoms with Crippen molar-refractivity contribution in [2.45, 2.75) is 71.2 Å². The van der Waals surface area contributed by atoms with Gasteiger partial charge in [-0.25, -0.2) is 13.2 Å². The lowest BCUT2D eigenvalue weighted by atomic mass is 10.1. The number of hydrogen-bond donors (Lipinski definition) is 2. The maximum atomic E-state index is 13.3. The van der Waals surface area contributed by atoms with Crippen LogP contribution in [-0.2, 0) is 29.0 Å². The number of carbonyl (C=O) groups excluding carboxylic acids is 2. The normalized spacial score (nSPS) is 17.0. The predicted octanol–water partition coefficient (Wildman–Crippen LogP) is 2.00. The molecule has 1 amide bonds. The zero-order valence-corrected chi connectivity index (χ0v) is 21.9. The van der Waals surface area contributed by atoms with Gasteiger partial charge in [0.05, 0.1) is 18.1 Å². The zero-order valence-electron chi connectivity index (χ0n) is 21.1. The molecule has 0 bridgehead atoms. The Balaban J connectivity index is 2.23. The summed E-state index contributed by atoms with van der Waals surface area (Å²) in [5, 5.41) is 2.46. The quantitative estimate of drug-likeness (QED) is 0.521. The first-order valence-corrected chi connectivity index (χ1v) is 12.8. The third kappa shape index (κ3) is 8.23. The summed E-state index contributed by atoms with van der Waals surface area (Å²) in [7, 11) is -4.10. The number of amides is 1. The van der Waals surface area contributed by atoms with Gasteiger partial charge < -0.3 is 19.5 Å². The lowest BCUT2D eigenvalue weighted by Crippen LogP contribution is -2.52. The van der Waals surface area contributed by atoms with Gasteiger partial charge in [-0.15, -0.1) is 0 Å². The van der Waals surface area contributed by atoms with Crippen molar-refractivity contribution < 1.29 is 32.2 Å². The standard InChI is InChI=1S/C23H37N3O7S/c1-15-12-16(2)20(17(3)13-15)34(29,30)25-19(14-24-22(28)33-23(5,6)7)21(27)32-18(4)26-8-10-31-11-9-26/h12-13,18-19,25H,8-11,14H2,1-7H3,(H,24,28). The Bertz CT molecular complexity index is 960. The van der Waals surface area contributed by atoms with Crippen LogP contribution in [0.2, 0.25) is 0 Å². The molecule has 0 radical (unpaired) electrons. The minimum atomic E-state index is -4.10. The minimum absolute atomic E-state index is 0.0920. The van der Waals surface area contributed by atoms with E-state index in [1.165, 1.54) is 0 Å². The lowest BCUT2D eigenvalue weighted by Gasteiger charge is -2.32. The van der Waals surface area contributed by atoms with Crippen molar-refractivity contribution in [1.82, 2.24) is 14.9 Å². The summed E-state index contributed by atoms with van der Waals surface area (Å²) in [6.45, 7) is 14.0. The van der Waals surface area contributed by atoms with Gasteiger partial charge in [0.2, 0.25) is 10.0 Å². The summed E-state index contributed by atoms with van der Waals surface area (Å²) in [6.07, 6.45) is -1.36. The van der Waals surface area contributed by atoms with E-state index < -0.39 is 40.0 Å². The van der Waals surface area contributed by atoms with E-state index in [-0.39, 0.29) is 11.4 Å². The van der Waals surface area contributed by atoms with Gasteiger partial charge in [0.25, 0.3) is 0 Å². The first-order chi connectivity index (χ1) is 15.7. The molecule has 34 heavy (non-hydrogen) atoms. The van der Waals surface area contributed by atoms with E-state index in [2.05, 4.69) is 10.0 Å². The van der Waals surface area contributed by atoms with E-state index in [4.69, 9.17) is 14.2 Å². The number of nitrogens with one attached hydrogen (secondary N) is 2. The number of benzene rings is 1. The third-order valence-corrected chi connectivity index (χ3v) is 6.93. The Kier molecular flexibility index (Phi) is 9.46. The van der Waals surface area contributed by atoms with Gasteiger partial charge in [-0.2, -0.15) is 4.72 Å². The Morgan fingerprint density at radius 1 is 1.12 bits per heavy atom. The molecule has 2 atom stereocenters. The zero-order chi connectivity index (χ0) is 25.7. The molecule has 1 heterocycles. The van der Waals surface area contributed by atoms with Gasteiger partial charge in [-0.3, -0.25) is 9.69 Å². The van der Waals surface area contributed by atoms with Gasteiger partial charge in [-0.05, 0) is 59.6 Å². The minimum Gasteiger partial charge on any atom is -0.445 e. The van der Waals surface area contributed by atoms with E-state index in [9.17, 15) is 18.0 Å². The van der Waals surface area contributed by atoms with E-state index in [1.807, 2.05) is 11.8 Å². The van der Waals surface area contributed by atoms with Crippen LogP contribution >= 0.6 is 0 Å². The summed E-state index contributed by atoms with van der Waals surface area (Å²) in [4.78, 5) is 27.2. The second-order valence-electron chi connectivity index (χ2n) is 9.47. The van der Waals surface area contributed by atoms with E-state index >= 15 is 0 Å². The van der Waals surface area contributed by atoms with Crippen molar-refractivity contribution in [3.8, 4) is 0 Å². The van der Waals surface area contributed by atoms with Crippen LogP contribution in [0, 0.1) is 20.8 Å². The van der Waals surface area contributed by atoms with Gasteiger partial charge in [0.1, 0.15) is 11.6 Å². The predicted molar refractivity (Wildman–Crippen MR) is 127 cm³/mol. The molecule has 1 aromatic carbocycles. The molecule has 0 saturated carbocycles. The number of aryl methyl sites for hydroxylation is 3. The molecule has 11 heteroatoms. The number of carbonyl (C=O) groups is 2. The van der Waals surface area contributed by atoms with Crippen molar-refractivity contribution in [1.29, 1.82) is 0 Å². The van der Waals surface area contributed by atoms with Gasteiger partial charge in [0, 0.05) is 19.6 Å². The van der Waals surface area contributed by atoms with E-state index in [0.29, 0.717) is 37.4 Å². The van der Waals surface area contributed by atoms with Gasteiger partial charge in [0.15, 0.2) is 6.23 Å². The molecule has 2 unspecified atom stereocenters. The second-order valence-corrected chi connectivity index (χ2v) is 11.1. The second kappa shape index (κ2) is 11.5. The van der Waals surface area contributed by atoms with Crippen LogP contribution in [-0.4, -0.2) is 76.1 Å². The Morgan fingerprint density at radius 3 is 2.21 bits per heavy atom. The highest BCUT2D eigenvalue weighted by Gasteiger charge is 2.32. The van der Waals surface area contributed by atoms with Crippen LogP contribution in [0.5, 0.6) is 0 Å². The smallest absolute Gasteiger partial charge is 0.407 e. The third-order valence-electron chi connectivity index (χ3n) is 5.15. The first-order valence-electron chi connectivity index (χ1n) is 11.3. The highest BCUT2D eigenvalue weighted by molar-refractivity contribution is 7.89. The summed E-state index contributed by atoms with van der Waals surface area (Å²) < 4.78 is 45.0. The molecule has 2 N–H and O–H groups in total. The van der Waals surface area contributed by atoms with Crippen LogP contribution in [0.15, 0.2) is 17.0 Å². The average Bonchev–Trinajstić information content (AvgIpc) is 2.69. The van der Waals surface area contributed by atoms with E-state index in [0.717, 1.165) is 5.56 Å². The van der Waals surface area contributed by atoms with Crippen LogP contribution in [0.4, 0.5) is 4.79 Å². The molecule has 192 valence electrons. The van der Waals surface area contributed by atoms with Crippen LogP contribution in [0.1, 0.15) is 44.4 Å². The summed E-state index contributed by atoms with van der Waals surface area (Å²) in [5.41, 5.74) is 1.29. The Labute approximate surface area is 202 Å². The van der Waals surface area contributed by atoms with Crippen LogP contribution in [0.25, 0.3) is 0 Å². The average molecular weight is 500 g/mol. The van der Waals surface area contributed by atoms with Crippen molar-refractivity contribution in [3.63, 3.8) is 0 Å². The van der Waals surface area contributed by atoms with Gasteiger partial charge >= 0.3 is 12.1 Å². The Hall–Kier alpha value is -2.21. The molecule has 1 saturated heterocycles. The van der Waals surface area contributed by atoms with Crippen molar-refractivity contribution in [3.05, 3.63) is 28.8 Å². The Morgan fingerprint density at radius 2 is 1.68 bits per heavy atom. The van der Waals surface area contributed by atoms with Crippen LogP contribution in [0.3, 0.4) is 0 Å². The number of alkyl carbamates (subject to hydrolysis) is 1. The number of morpholine rings is 1. The number of nitrogens with zero attached hydrogens (tertiary/aromatic N) is 1. The van der Waals surface area contributed by atoms with E-state index in [1.54, 1.807) is 53.7 Å². The van der Waals surface area contributed by atoms with Crippen molar-refractivity contribution >= 4 is 22.1 Å². The van der Waals surface area contributed by atoms with Gasteiger partial charge in [-0.1, -0.05) is 17.7 Å². The number of sulfonamides is 1. The molecule has 0 aromatic heterocycles.